The quantitative estimate of drug-likeness (QED) is 0.930. The van der Waals surface area contributed by atoms with Gasteiger partial charge in [0.25, 0.3) is 0 Å². The molecule has 0 amide bonds. The van der Waals surface area contributed by atoms with E-state index in [9.17, 15) is 4.39 Å². The van der Waals surface area contributed by atoms with Crippen LogP contribution in [-0.2, 0) is 0 Å². The van der Waals surface area contributed by atoms with E-state index < -0.39 is 0 Å². The zero-order valence-electron chi connectivity index (χ0n) is 11.0. The van der Waals surface area contributed by atoms with E-state index in [4.69, 9.17) is 0 Å². The minimum absolute atomic E-state index is 0.201. The summed E-state index contributed by atoms with van der Waals surface area (Å²) in [4.78, 5) is 6.97. The van der Waals surface area contributed by atoms with E-state index in [2.05, 4.69) is 22.1 Å². The highest BCUT2D eigenvalue weighted by molar-refractivity contribution is 7.22. The van der Waals surface area contributed by atoms with Crippen LogP contribution in [0.25, 0.3) is 10.2 Å². The summed E-state index contributed by atoms with van der Waals surface area (Å²) in [5.74, 6) is -0.201. The van der Waals surface area contributed by atoms with Crippen LogP contribution in [0.3, 0.4) is 0 Å². The van der Waals surface area contributed by atoms with Gasteiger partial charge in [0.2, 0.25) is 0 Å². The van der Waals surface area contributed by atoms with E-state index in [0.29, 0.717) is 6.04 Å². The Kier molecular flexibility index (Phi) is 3.66. The molecule has 1 N–H and O–H groups in total. The second-order valence-electron chi connectivity index (χ2n) is 5.18. The molecule has 1 unspecified atom stereocenters. The monoisotopic (exact) mass is 279 g/mol. The minimum atomic E-state index is -0.201. The van der Waals surface area contributed by atoms with Gasteiger partial charge >= 0.3 is 0 Å². The van der Waals surface area contributed by atoms with Gasteiger partial charge in [0.1, 0.15) is 5.82 Å². The molecular weight excluding hydrogens is 261 g/mol. The summed E-state index contributed by atoms with van der Waals surface area (Å²) in [7, 11) is 0. The van der Waals surface area contributed by atoms with E-state index in [1.165, 1.54) is 43.3 Å². The number of anilines is 1. The molecule has 0 radical (unpaired) electrons. The first-order chi connectivity index (χ1) is 9.20. The molecular formula is C14H18FN3S. The van der Waals surface area contributed by atoms with Gasteiger partial charge in [0.05, 0.1) is 10.2 Å². The molecule has 1 atom stereocenters. The van der Waals surface area contributed by atoms with Crippen molar-refractivity contribution in [2.75, 3.05) is 25.0 Å². The van der Waals surface area contributed by atoms with E-state index >= 15 is 0 Å². The third-order valence-electron chi connectivity index (χ3n) is 3.45. The Morgan fingerprint density at radius 3 is 3.00 bits per heavy atom. The molecule has 102 valence electrons. The molecule has 5 heteroatoms. The molecule has 2 heterocycles. The van der Waals surface area contributed by atoms with Crippen molar-refractivity contribution in [2.24, 2.45) is 0 Å². The second kappa shape index (κ2) is 5.43. The first kappa shape index (κ1) is 12.8. The van der Waals surface area contributed by atoms with Crippen LogP contribution in [0.2, 0.25) is 0 Å². The molecule has 3 rings (SSSR count). The van der Waals surface area contributed by atoms with Crippen molar-refractivity contribution in [2.45, 2.75) is 25.8 Å². The van der Waals surface area contributed by atoms with Crippen LogP contribution < -0.4 is 5.32 Å². The number of thiazole rings is 1. The van der Waals surface area contributed by atoms with Crippen LogP contribution in [0.1, 0.15) is 19.8 Å². The van der Waals surface area contributed by atoms with Gasteiger partial charge in [-0.2, -0.15) is 0 Å². The molecule has 1 fully saturated rings. The van der Waals surface area contributed by atoms with Crippen molar-refractivity contribution in [1.82, 2.24) is 9.88 Å². The number of aromatic nitrogens is 1. The number of rotatable bonds is 4. The smallest absolute Gasteiger partial charge is 0.184 e. The fourth-order valence-corrected chi connectivity index (χ4v) is 3.57. The van der Waals surface area contributed by atoms with Gasteiger partial charge < -0.3 is 10.2 Å². The lowest BCUT2D eigenvalue weighted by Crippen LogP contribution is -2.32. The van der Waals surface area contributed by atoms with E-state index in [1.54, 1.807) is 12.1 Å². The summed E-state index contributed by atoms with van der Waals surface area (Å²) >= 11 is 1.52. The standard InChI is InChI=1S/C14H18FN3S/c1-10(9-18-6-2-3-7-18)16-14-17-12-5-4-11(15)8-13(12)19-14/h4-5,8,10H,2-3,6-7,9H2,1H3,(H,16,17). The molecule has 19 heavy (non-hydrogen) atoms. The predicted molar refractivity (Wildman–Crippen MR) is 78.3 cm³/mol. The van der Waals surface area contributed by atoms with Gasteiger partial charge in [0.15, 0.2) is 5.13 Å². The number of likely N-dealkylation sites (tertiary alicyclic amines) is 1. The predicted octanol–water partition coefficient (Wildman–Crippen LogP) is 3.33. The molecule has 1 aliphatic heterocycles. The number of fused-ring (bicyclic) bond motifs is 1. The summed E-state index contributed by atoms with van der Waals surface area (Å²) in [5.41, 5.74) is 0.863. The summed E-state index contributed by atoms with van der Waals surface area (Å²) in [6.45, 7) is 5.63. The van der Waals surface area contributed by atoms with Gasteiger partial charge in [-0.1, -0.05) is 11.3 Å². The molecule has 1 saturated heterocycles. The minimum Gasteiger partial charge on any atom is -0.358 e. The van der Waals surface area contributed by atoms with Crippen molar-refractivity contribution in [3.8, 4) is 0 Å². The number of hydrogen-bond acceptors (Lipinski definition) is 4. The van der Waals surface area contributed by atoms with E-state index in [-0.39, 0.29) is 5.82 Å². The molecule has 1 aromatic carbocycles. The summed E-state index contributed by atoms with van der Waals surface area (Å²) in [6, 6.07) is 5.10. The largest absolute Gasteiger partial charge is 0.358 e. The molecule has 3 nitrogen and oxygen atoms in total. The average Bonchev–Trinajstić information content (AvgIpc) is 2.97. The Balaban J connectivity index is 1.66. The third kappa shape index (κ3) is 3.04. The number of nitrogens with zero attached hydrogens (tertiary/aromatic N) is 2. The maximum atomic E-state index is 13.1. The van der Waals surface area contributed by atoms with Crippen LogP contribution in [0.4, 0.5) is 9.52 Å². The first-order valence-electron chi connectivity index (χ1n) is 6.76. The third-order valence-corrected chi connectivity index (χ3v) is 4.40. The van der Waals surface area contributed by atoms with Crippen LogP contribution in [0.15, 0.2) is 18.2 Å². The number of nitrogens with one attached hydrogen (secondary N) is 1. The molecule has 0 spiro atoms. The molecule has 0 aliphatic carbocycles. The van der Waals surface area contributed by atoms with Gasteiger partial charge in [0, 0.05) is 12.6 Å². The number of benzene rings is 1. The molecule has 1 aliphatic rings. The lowest BCUT2D eigenvalue weighted by Gasteiger charge is -2.20. The van der Waals surface area contributed by atoms with Gasteiger partial charge in [-0.15, -0.1) is 0 Å². The van der Waals surface area contributed by atoms with E-state index in [1.807, 2.05) is 0 Å². The van der Waals surface area contributed by atoms with Crippen LogP contribution in [-0.4, -0.2) is 35.6 Å². The highest BCUT2D eigenvalue weighted by Crippen LogP contribution is 2.27. The Bertz CT molecular complexity index is 563. The Morgan fingerprint density at radius 1 is 1.42 bits per heavy atom. The van der Waals surface area contributed by atoms with Crippen molar-refractivity contribution in [3.63, 3.8) is 0 Å². The zero-order valence-corrected chi connectivity index (χ0v) is 11.8. The SMILES string of the molecule is CC(CN1CCCC1)Nc1nc2ccc(F)cc2s1. The lowest BCUT2D eigenvalue weighted by atomic mass is 10.3. The van der Waals surface area contributed by atoms with Crippen molar-refractivity contribution in [1.29, 1.82) is 0 Å². The van der Waals surface area contributed by atoms with Crippen molar-refractivity contribution in [3.05, 3.63) is 24.0 Å². The highest BCUT2D eigenvalue weighted by Gasteiger charge is 2.15. The maximum Gasteiger partial charge on any atom is 0.184 e. The molecule has 2 aromatic rings. The van der Waals surface area contributed by atoms with Gasteiger partial charge in [-0.25, -0.2) is 9.37 Å². The summed E-state index contributed by atoms with van der Waals surface area (Å²) < 4.78 is 14.0. The number of hydrogen-bond donors (Lipinski definition) is 1. The Labute approximate surface area is 116 Å². The Hall–Kier alpha value is -1.20. The van der Waals surface area contributed by atoms with E-state index in [0.717, 1.165) is 21.9 Å². The fraction of sp³-hybridized carbons (Fsp3) is 0.500. The van der Waals surface area contributed by atoms with Crippen LogP contribution in [0, 0.1) is 5.82 Å². The van der Waals surface area contributed by atoms with Crippen LogP contribution >= 0.6 is 11.3 Å². The topological polar surface area (TPSA) is 28.2 Å². The fourth-order valence-electron chi connectivity index (χ4n) is 2.57. The zero-order chi connectivity index (χ0) is 13.2. The Morgan fingerprint density at radius 2 is 2.21 bits per heavy atom. The second-order valence-corrected chi connectivity index (χ2v) is 6.21. The van der Waals surface area contributed by atoms with Gasteiger partial charge in [-0.3, -0.25) is 0 Å². The average molecular weight is 279 g/mol. The van der Waals surface area contributed by atoms with Crippen molar-refractivity contribution < 1.29 is 4.39 Å². The highest BCUT2D eigenvalue weighted by atomic mass is 32.1. The number of halogens is 1. The maximum absolute atomic E-state index is 13.1. The lowest BCUT2D eigenvalue weighted by molar-refractivity contribution is 0.328. The molecule has 0 saturated carbocycles. The van der Waals surface area contributed by atoms with Crippen LogP contribution in [0.5, 0.6) is 0 Å². The summed E-state index contributed by atoms with van der Waals surface area (Å²) in [6.07, 6.45) is 2.63. The van der Waals surface area contributed by atoms with Gasteiger partial charge in [-0.05, 0) is 51.1 Å². The first-order valence-corrected chi connectivity index (χ1v) is 7.57. The molecule has 1 aromatic heterocycles. The summed E-state index contributed by atoms with van der Waals surface area (Å²) in [5, 5.41) is 4.30. The normalized spacial score (nSPS) is 18.0. The van der Waals surface area contributed by atoms with Crippen molar-refractivity contribution >= 4 is 26.7 Å². The molecule has 0 bridgehead atoms.